The van der Waals surface area contributed by atoms with Crippen molar-refractivity contribution >= 4 is 11.7 Å². The molecular formula is C26H36N6O3. The summed E-state index contributed by atoms with van der Waals surface area (Å²) in [5, 5.41) is 8.94. The van der Waals surface area contributed by atoms with Crippen LogP contribution >= 0.6 is 0 Å². The molecule has 1 amide bonds. The SMILES string of the molecule is COc1ccc(OC)c(-c2ccc(N3CCN(CC(=O)N4CCN(C5CCC5)CC4)CC3)nn2)c1. The number of nitrogens with zero attached hydrogens (tertiary/aromatic N) is 6. The van der Waals surface area contributed by atoms with Crippen molar-refractivity contribution in [2.75, 3.05) is 78.0 Å². The maximum absolute atomic E-state index is 12.9. The minimum atomic E-state index is 0.267. The number of aromatic nitrogens is 2. The first-order chi connectivity index (χ1) is 17.1. The topological polar surface area (TPSA) is 74.3 Å². The van der Waals surface area contributed by atoms with E-state index in [0.29, 0.717) is 6.54 Å². The normalized spacial score (nSPS) is 19.9. The lowest BCUT2D eigenvalue weighted by molar-refractivity contribution is -0.134. The lowest BCUT2D eigenvalue weighted by Crippen LogP contribution is -2.56. The predicted octanol–water partition coefficient (Wildman–Crippen LogP) is 1.98. The number of hydrogen-bond donors (Lipinski definition) is 0. The Morgan fingerprint density at radius 1 is 0.914 bits per heavy atom. The minimum Gasteiger partial charge on any atom is -0.497 e. The summed E-state index contributed by atoms with van der Waals surface area (Å²) in [6, 6.07) is 10.4. The van der Waals surface area contributed by atoms with E-state index in [1.165, 1.54) is 19.3 Å². The van der Waals surface area contributed by atoms with Gasteiger partial charge in [-0.3, -0.25) is 14.6 Å². The summed E-state index contributed by atoms with van der Waals surface area (Å²) in [7, 11) is 3.29. The van der Waals surface area contributed by atoms with E-state index in [1.54, 1.807) is 14.2 Å². The van der Waals surface area contributed by atoms with Gasteiger partial charge >= 0.3 is 0 Å². The highest BCUT2D eigenvalue weighted by molar-refractivity contribution is 5.78. The molecule has 1 aliphatic carbocycles. The molecule has 2 saturated heterocycles. The van der Waals surface area contributed by atoms with E-state index < -0.39 is 0 Å². The Hall–Kier alpha value is -2.91. The van der Waals surface area contributed by atoms with Crippen LogP contribution < -0.4 is 14.4 Å². The fraction of sp³-hybridized carbons (Fsp3) is 0.577. The third-order valence-electron chi connectivity index (χ3n) is 7.65. The van der Waals surface area contributed by atoms with Gasteiger partial charge in [-0.25, -0.2) is 0 Å². The third kappa shape index (κ3) is 5.36. The second-order valence-electron chi connectivity index (χ2n) is 9.61. The van der Waals surface area contributed by atoms with Gasteiger partial charge in [-0.2, -0.15) is 0 Å². The van der Waals surface area contributed by atoms with Crippen LogP contribution in [0.3, 0.4) is 0 Å². The highest BCUT2D eigenvalue weighted by Gasteiger charge is 2.30. The van der Waals surface area contributed by atoms with Crippen molar-refractivity contribution in [2.45, 2.75) is 25.3 Å². The second-order valence-corrected chi connectivity index (χ2v) is 9.61. The van der Waals surface area contributed by atoms with Crippen LogP contribution in [0.15, 0.2) is 30.3 Å². The molecule has 188 valence electrons. The van der Waals surface area contributed by atoms with Gasteiger partial charge in [-0.1, -0.05) is 6.42 Å². The van der Waals surface area contributed by atoms with E-state index in [2.05, 4.69) is 29.8 Å². The van der Waals surface area contributed by atoms with Crippen LogP contribution in [0, 0.1) is 0 Å². The van der Waals surface area contributed by atoms with E-state index in [-0.39, 0.29) is 5.91 Å². The molecule has 0 bridgehead atoms. The number of carbonyl (C=O) groups is 1. The lowest BCUT2D eigenvalue weighted by Gasteiger charge is -2.43. The van der Waals surface area contributed by atoms with Crippen LogP contribution in [0.25, 0.3) is 11.3 Å². The summed E-state index contributed by atoms with van der Waals surface area (Å²) in [6.45, 7) is 7.67. The molecule has 1 saturated carbocycles. The molecule has 2 aromatic rings. The summed E-state index contributed by atoms with van der Waals surface area (Å²) in [6.07, 6.45) is 4.03. The number of rotatable bonds is 7. The molecule has 0 spiro atoms. The summed E-state index contributed by atoms with van der Waals surface area (Å²) >= 11 is 0. The van der Waals surface area contributed by atoms with Crippen molar-refractivity contribution in [3.63, 3.8) is 0 Å². The van der Waals surface area contributed by atoms with Crippen LogP contribution in [0.1, 0.15) is 19.3 Å². The molecule has 1 aromatic heterocycles. The molecule has 9 heteroatoms. The third-order valence-corrected chi connectivity index (χ3v) is 7.65. The highest BCUT2D eigenvalue weighted by Crippen LogP contribution is 2.32. The van der Waals surface area contributed by atoms with Gasteiger partial charge in [0.15, 0.2) is 5.82 Å². The molecule has 1 aromatic carbocycles. The Labute approximate surface area is 207 Å². The zero-order chi connectivity index (χ0) is 24.2. The van der Waals surface area contributed by atoms with Crippen LogP contribution in [-0.2, 0) is 4.79 Å². The average molecular weight is 481 g/mol. The Morgan fingerprint density at radius 3 is 2.29 bits per heavy atom. The largest absolute Gasteiger partial charge is 0.497 e. The van der Waals surface area contributed by atoms with Crippen molar-refractivity contribution < 1.29 is 14.3 Å². The quantitative estimate of drug-likeness (QED) is 0.596. The van der Waals surface area contributed by atoms with Gasteiger partial charge in [0.1, 0.15) is 11.5 Å². The average Bonchev–Trinajstić information content (AvgIpc) is 2.88. The molecule has 0 unspecified atom stereocenters. The van der Waals surface area contributed by atoms with Gasteiger partial charge in [-0.05, 0) is 43.2 Å². The molecular weight excluding hydrogens is 444 g/mol. The van der Waals surface area contributed by atoms with Crippen LogP contribution in [0.4, 0.5) is 5.82 Å². The van der Waals surface area contributed by atoms with Gasteiger partial charge in [0.25, 0.3) is 0 Å². The van der Waals surface area contributed by atoms with E-state index >= 15 is 0 Å². The highest BCUT2D eigenvalue weighted by atomic mass is 16.5. The standard InChI is InChI=1S/C26H36N6O3/c1-34-21-6-8-24(35-2)22(18-21)23-7-9-25(28-27-23)31-12-10-29(11-13-31)19-26(33)32-16-14-30(15-17-32)20-4-3-5-20/h6-9,18,20H,3-5,10-17,19H2,1-2H3. The number of benzene rings is 1. The fourth-order valence-electron chi connectivity index (χ4n) is 5.17. The second kappa shape index (κ2) is 10.8. The maximum atomic E-state index is 12.9. The molecule has 0 radical (unpaired) electrons. The number of methoxy groups -OCH3 is 2. The molecule has 3 aliphatic rings. The number of piperazine rings is 2. The van der Waals surface area contributed by atoms with Crippen molar-refractivity contribution in [1.82, 2.24) is 24.9 Å². The lowest BCUT2D eigenvalue weighted by atomic mass is 9.91. The number of amides is 1. The van der Waals surface area contributed by atoms with E-state index in [1.807, 2.05) is 30.3 Å². The number of hydrogen-bond acceptors (Lipinski definition) is 8. The van der Waals surface area contributed by atoms with E-state index in [9.17, 15) is 4.79 Å². The Bertz CT molecular complexity index is 997. The predicted molar refractivity (Wildman–Crippen MR) is 135 cm³/mol. The van der Waals surface area contributed by atoms with Gasteiger partial charge < -0.3 is 19.3 Å². The molecule has 5 rings (SSSR count). The van der Waals surface area contributed by atoms with Gasteiger partial charge in [0.05, 0.1) is 26.5 Å². The monoisotopic (exact) mass is 480 g/mol. The van der Waals surface area contributed by atoms with Gasteiger partial charge in [0.2, 0.25) is 5.91 Å². The molecule has 0 atom stereocenters. The van der Waals surface area contributed by atoms with Crippen LogP contribution in [0.5, 0.6) is 11.5 Å². The number of carbonyl (C=O) groups excluding carboxylic acids is 1. The molecule has 0 N–H and O–H groups in total. The smallest absolute Gasteiger partial charge is 0.236 e. The van der Waals surface area contributed by atoms with Crippen molar-refractivity contribution in [3.8, 4) is 22.8 Å². The Morgan fingerprint density at radius 2 is 1.69 bits per heavy atom. The first-order valence-corrected chi connectivity index (χ1v) is 12.7. The van der Waals surface area contributed by atoms with Crippen LogP contribution in [0.2, 0.25) is 0 Å². The first kappa shape index (κ1) is 23.8. The van der Waals surface area contributed by atoms with Gasteiger partial charge in [-0.15, -0.1) is 10.2 Å². The summed E-state index contributed by atoms with van der Waals surface area (Å²) < 4.78 is 10.8. The number of ether oxygens (including phenoxy) is 2. The maximum Gasteiger partial charge on any atom is 0.236 e. The summed E-state index contributed by atoms with van der Waals surface area (Å²) in [5.41, 5.74) is 1.59. The zero-order valence-electron chi connectivity index (χ0n) is 20.9. The Balaban J connectivity index is 1.11. The molecule has 9 nitrogen and oxygen atoms in total. The van der Waals surface area contributed by atoms with E-state index in [4.69, 9.17) is 9.47 Å². The number of anilines is 1. The van der Waals surface area contributed by atoms with E-state index in [0.717, 1.165) is 87.0 Å². The van der Waals surface area contributed by atoms with Gasteiger partial charge in [0, 0.05) is 64.0 Å². The van der Waals surface area contributed by atoms with Crippen molar-refractivity contribution in [1.29, 1.82) is 0 Å². The van der Waals surface area contributed by atoms with Crippen LogP contribution in [-0.4, -0.2) is 110 Å². The van der Waals surface area contributed by atoms with Crippen molar-refractivity contribution in [2.24, 2.45) is 0 Å². The summed E-state index contributed by atoms with van der Waals surface area (Å²) in [4.78, 5) is 22.0. The minimum absolute atomic E-state index is 0.267. The van der Waals surface area contributed by atoms with Crippen molar-refractivity contribution in [3.05, 3.63) is 30.3 Å². The zero-order valence-corrected chi connectivity index (χ0v) is 20.9. The fourth-order valence-corrected chi connectivity index (χ4v) is 5.17. The molecule has 3 heterocycles. The molecule has 2 aliphatic heterocycles. The Kier molecular flexibility index (Phi) is 7.34. The summed E-state index contributed by atoms with van der Waals surface area (Å²) in [5.74, 6) is 2.60. The first-order valence-electron chi connectivity index (χ1n) is 12.7. The molecule has 35 heavy (non-hydrogen) atoms. The molecule has 3 fully saturated rings.